The number of hydrogen-bond donors (Lipinski definition) is 1. The first-order chi connectivity index (χ1) is 10.2. The van der Waals surface area contributed by atoms with Gasteiger partial charge >= 0.3 is 0 Å². The van der Waals surface area contributed by atoms with Gasteiger partial charge in [-0.2, -0.15) is 0 Å². The molecule has 0 aliphatic carbocycles. The topological polar surface area (TPSA) is 44.8 Å². The Balaban J connectivity index is 1.78. The maximum absolute atomic E-state index is 4.91. The smallest absolute Gasteiger partial charge is 0.132 e. The summed E-state index contributed by atoms with van der Waals surface area (Å²) >= 11 is 0. The fourth-order valence-corrected chi connectivity index (χ4v) is 3.09. The van der Waals surface area contributed by atoms with Crippen molar-refractivity contribution in [3.05, 3.63) is 53.1 Å². The summed E-state index contributed by atoms with van der Waals surface area (Å²) < 4.78 is 0. The van der Waals surface area contributed by atoms with E-state index in [0.717, 1.165) is 30.8 Å². The molecule has 0 saturated carbocycles. The molecule has 3 aromatic rings. The molecule has 4 rings (SSSR count). The van der Waals surface area contributed by atoms with Gasteiger partial charge in [0.25, 0.3) is 0 Å². The molecule has 0 bridgehead atoms. The maximum atomic E-state index is 4.91. The molecule has 3 heterocycles. The van der Waals surface area contributed by atoms with Crippen molar-refractivity contribution in [2.75, 3.05) is 11.4 Å². The zero-order valence-electron chi connectivity index (χ0n) is 12.3. The summed E-state index contributed by atoms with van der Waals surface area (Å²) in [6, 6.07) is 8.68. The molecule has 0 unspecified atom stereocenters. The normalized spacial score (nSPS) is 14.5. The zero-order valence-corrected chi connectivity index (χ0v) is 12.3. The SMILES string of the molecule is Cc1ccc2cc(C)c(N3CCc4nc[nH]c4C3)nc2c1. The lowest BCUT2D eigenvalue weighted by Crippen LogP contribution is -2.31. The highest BCUT2D eigenvalue weighted by Crippen LogP contribution is 2.27. The van der Waals surface area contributed by atoms with E-state index < -0.39 is 0 Å². The molecule has 2 aromatic heterocycles. The van der Waals surface area contributed by atoms with Crippen LogP contribution in [0.4, 0.5) is 5.82 Å². The van der Waals surface area contributed by atoms with Crippen molar-refractivity contribution in [1.29, 1.82) is 0 Å². The Hall–Kier alpha value is -2.36. The van der Waals surface area contributed by atoms with Gasteiger partial charge < -0.3 is 9.88 Å². The number of anilines is 1. The predicted molar refractivity (Wildman–Crippen MR) is 84.6 cm³/mol. The van der Waals surface area contributed by atoms with E-state index in [9.17, 15) is 0 Å². The van der Waals surface area contributed by atoms with Crippen LogP contribution in [-0.4, -0.2) is 21.5 Å². The van der Waals surface area contributed by atoms with Crippen molar-refractivity contribution in [1.82, 2.24) is 15.0 Å². The van der Waals surface area contributed by atoms with Crippen LogP contribution in [0.3, 0.4) is 0 Å². The van der Waals surface area contributed by atoms with E-state index in [-0.39, 0.29) is 0 Å². The number of H-pyrrole nitrogens is 1. The Morgan fingerprint density at radius 3 is 3.00 bits per heavy atom. The molecule has 1 aliphatic heterocycles. The number of nitrogens with one attached hydrogen (secondary N) is 1. The standard InChI is InChI=1S/C17H18N4/c1-11-3-4-13-8-12(2)17(20-15(13)7-11)21-6-5-14-16(9-21)19-10-18-14/h3-4,7-8,10H,5-6,9H2,1-2H3,(H,18,19). The molecule has 0 spiro atoms. The van der Waals surface area contributed by atoms with Crippen LogP contribution in [0, 0.1) is 13.8 Å². The van der Waals surface area contributed by atoms with Crippen molar-refractivity contribution in [3.8, 4) is 0 Å². The number of pyridine rings is 1. The highest BCUT2D eigenvalue weighted by molar-refractivity contribution is 5.82. The van der Waals surface area contributed by atoms with Crippen LogP contribution < -0.4 is 4.90 Å². The molecule has 1 N–H and O–H groups in total. The molecule has 0 fully saturated rings. The molecule has 1 aliphatic rings. The monoisotopic (exact) mass is 278 g/mol. The van der Waals surface area contributed by atoms with Crippen molar-refractivity contribution < 1.29 is 0 Å². The second kappa shape index (κ2) is 4.58. The lowest BCUT2D eigenvalue weighted by Gasteiger charge is -2.28. The number of fused-ring (bicyclic) bond motifs is 2. The molecule has 21 heavy (non-hydrogen) atoms. The highest BCUT2D eigenvalue weighted by Gasteiger charge is 2.20. The summed E-state index contributed by atoms with van der Waals surface area (Å²) in [4.78, 5) is 14.9. The van der Waals surface area contributed by atoms with Gasteiger partial charge in [-0.1, -0.05) is 12.1 Å². The molecular weight excluding hydrogens is 260 g/mol. The minimum atomic E-state index is 0.862. The second-order valence-electron chi connectivity index (χ2n) is 5.82. The third kappa shape index (κ3) is 2.07. The fraction of sp³-hybridized carbons (Fsp3) is 0.294. The lowest BCUT2D eigenvalue weighted by molar-refractivity contribution is 0.700. The average Bonchev–Trinajstić information content (AvgIpc) is 2.94. The van der Waals surface area contributed by atoms with Crippen molar-refractivity contribution in [2.45, 2.75) is 26.8 Å². The number of aromatic amines is 1. The van der Waals surface area contributed by atoms with Gasteiger partial charge in [0.1, 0.15) is 5.82 Å². The van der Waals surface area contributed by atoms with E-state index in [0.29, 0.717) is 0 Å². The van der Waals surface area contributed by atoms with Gasteiger partial charge in [0.2, 0.25) is 0 Å². The van der Waals surface area contributed by atoms with Crippen molar-refractivity contribution in [2.24, 2.45) is 0 Å². The Labute approximate surface area is 123 Å². The van der Waals surface area contributed by atoms with Crippen molar-refractivity contribution >= 4 is 16.7 Å². The first-order valence-electron chi connectivity index (χ1n) is 7.35. The van der Waals surface area contributed by atoms with E-state index in [1.165, 1.54) is 27.9 Å². The molecule has 0 atom stereocenters. The molecule has 1 aromatic carbocycles. The van der Waals surface area contributed by atoms with Gasteiger partial charge in [-0.3, -0.25) is 0 Å². The van der Waals surface area contributed by atoms with Crippen LogP contribution in [-0.2, 0) is 13.0 Å². The predicted octanol–water partition coefficient (Wildman–Crippen LogP) is 3.14. The Kier molecular flexibility index (Phi) is 2.70. The number of imidazole rings is 1. The lowest BCUT2D eigenvalue weighted by atomic mass is 10.1. The third-order valence-electron chi connectivity index (χ3n) is 4.21. The quantitative estimate of drug-likeness (QED) is 0.743. The fourth-order valence-electron chi connectivity index (χ4n) is 3.09. The molecule has 4 nitrogen and oxygen atoms in total. The van der Waals surface area contributed by atoms with Gasteiger partial charge in [0, 0.05) is 18.4 Å². The van der Waals surface area contributed by atoms with Crippen LogP contribution in [0.1, 0.15) is 22.5 Å². The number of aryl methyl sites for hydroxylation is 2. The average molecular weight is 278 g/mol. The minimum Gasteiger partial charge on any atom is -0.350 e. The Morgan fingerprint density at radius 1 is 1.19 bits per heavy atom. The largest absolute Gasteiger partial charge is 0.350 e. The van der Waals surface area contributed by atoms with Gasteiger partial charge in [-0.15, -0.1) is 0 Å². The number of benzene rings is 1. The number of nitrogens with zero attached hydrogens (tertiary/aromatic N) is 3. The second-order valence-corrected chi connectivity index (χ2v) is 5.82. The highest BCUT2D eigenvalue weighted by atomic mass is 15.2. The molecule has 0 saturated heterocycles. The molecule has 0 amide bonds. The van der Waals surface area contributed by atoms with Crippen LogP contribution in [0.2, 0.25) is 0 Å². The van der Waals surface area contributed by atoms with E-state index in [1.807, 2.05) is 0 Å². The van der Waals surface area contributed by atoms with E-state index in [1.54, 1.807) is 6.33 Å². The summed E-state index contributed by atoms with van der Waals surface area (Å²) in [6.07, 6.45) is 2.77. The van der Waals surface area contributed by atoms with Gasteiger partial charge in [-0.25, -0.2) is 9.97 Å². The molecule has 106 valence electrons. The van der Waals surface area contributed by atoms with Crippen LogP contribution in [0.25, 0.3) is 10.9 Å². The number of hydrogen-bond acceptors (Lipinski definition) is 3. The summed E-state index contributed by atoms with van der Waals surface area (Å²) in [5, 5.41) is 1.21. The third-order valence-corrected chi connectivity index (χ3v) is 4.21. The van der Waals surface area contributed by atoms with E-state index in [2.05, 4.69) is 53.0 Å². The van der Waals surface area contributed by atoms with Gasteiger partial charge in [0.15, 0.2) is 0 Å². The molecular formula is C17H18N4. The maximum Gasteiger partial charge on any atom is 0.132 e. The number of aromatic nitrogens is 3. The summed E-state index contributed by atoms with van der Waals surface area (Å²) in [7, 11) is 0. The summed E-state index contributed by atoms with van der Waals surface area (Å²) in [5.41, 5.74) is 5.96. The first-order valence-corrected chi connectivity index (χ1v) is 7.35. The zero-order chi connectivity index (χ0) is 14.4. The van der Waals surface area contributed by atoms with Gasteiger partial charge in [0.05, 0.1) is 29.8 Å². The number of rotatable bonds is 1. The first kappa shape index (κ1) is 12.4. The van der Waals surface area contributed by atoms with E-state index >= 15 is 0 Å². The van der Waals surface area contributed by atoms with E-state index in [4.69, 9.17) is 4.98 Å². The Morgan fingerprint density at radius 2 is 2.10 bits per heavy atom. The molecule has 0 radical (unpaired) electrons. The Bertz CT molecular complexity index is 819. The van der Waals surface area contributed by atoms with Gasteiger partial charge in [-0.05, 0) is 37.1 Å². The van der Waals surface area contributed by atoms with Crippen molar-refractivity contribution in [3.63, 3.8) is 0 Å². The van der Waals surface area contributed by atoms with Crippen LogP contribution >= 0.6 is 0 Å². The van der Waals surface area contributed by atoms with Crippen LogP contribution in [0.15, 0.2) is 30.6 Å². The summed E-state index contributed by atoms with van der Waals surface area (Å²) in [6.45, 7) is 6.09. The summed E-state index contributed by atoms with van der Waals surface area (Å²) in [5.74, 6) is 1.09. The minimum absolute atomic E-state index is 0.862. The molecule has 4 heteroatoms. The van der Waals surface area contributed by atoms with Crippen LogP contribution in [0.5, 0.6) is 0 Å².